The Morgan fingerprint density at radius 3 is 2.70 bits per heavy atom. The Hall–Kier alpha value is -2.40. The van der Waals surface area contributed by atoms with Gasteiger partial charge in [0, 0.05) is 56.6 Å². The van der Waals surface area contributed by atoms with Crippen molar-refractivity contribution in [3.8, 4) is 5.75 Å². The first kappa shape index (κ1) is 19.4. The molecule has 3 rings (SSSR count). The maximum absolute atomic E-state index is 12.8. The third-order valence-corrected chi connectivity index (χ3v) is 4.92. The van der Waals surface area contributed by atoms with Crippen molar-refractivity contribution in [2.75, 3.05) is 39.3 Å². The Morgan fingerprint density at radius 1 is 1.11 bits per heavy atom. The fourth-order valence-corrected chi connectivity index (χ4v) is 3.23. The summed E-state index contributed by atoms with van der Waals surface area (Å²) < 4.78 is 5.73. The summed E-state index contributed by atoms with van der Waals surface area (Å²) in [5, 5.41) is 0. The highest BCUT2D eigenvalue weighted by atomic mass is 16.5. The van der Waals surface area contributed by atoms with Gasteiger partial charge in [0.15, 0.2) is 0 Å². The molecule has 5 heteroatoms. The molecule has 1 aromatic carbocycles. The van der Waals surface area contributed by atoms with Gasteiger partial charge in [-0.25, -0.2) is 0 Å². The van der Waals surface area contributed by atoms with Crippen LogP contribution in [0.1, 0.15) is 35.8 Å². The Labute approximate surface area is 162 Å². The number of hydrogen-bond donors (Lipinski definition) is 0. The van der Waals surface area contributed by atoms with E-state index >= 15 is 0 Å². The maximum atomic E-state index is 12.8. The van der Waals surface area contributed by atoms with Crippen molar-refractivity contribution in [2.24, 2.45) is 0 Å². The van der Waals surface area contributed by atoms with E-state index in [0.29, 0.717) is 12.2 Å². The van der Waals surface area contributed by atoms with Crippen molar-refractivity contribution in [1.29, 1.82) is 0 Å². The summed E-state index contributed by atoms with van der Waals surface area (Å²) >= 11 is 0. The number of pyridine rings is 1. The smallest absolute Gasteiger partial charge is 0.254 e. The minimum atomic E-state index is 0.0975. The van der Waals surface area contributed by atoms with E-state index in [4.69, 9.17) is 4.74 Å². The molecule has 0 radical (unpaired) electrons. The average molecular weight is 367 g/mol. The fourth-order valence-electron chi connectivity index (χ4n) is 3.23. The first-order valence-electron chi connectivity index (χ1n) is 9.90. The van der Waals surface area contributed by atoms with Crippen molar-refractivity contribution in [2.45, 2.75) is 26.2 Å². The lowest BCUT2D eigenvalue weighted by Gasteiger charge is -2.34. The minimum absolute atomic E-state index is 0.0975. The average Bonchev–Trinajstić information content (AvgIpc) is 2.73. The third kappa shape index (κ3) is 5.79. The lowest BCUT2D eigenvalue weighted by molar-refractivity contribution is 0.0638. The fraction of sp³-hybridized carbons (Fsp3) is 0.455. The van der Waals surface area contributed by atoms with Gasteiger partial charge in [0.2, 0.25) is 0 Å². The molecule has 5 nitrogen and oxygen atoms in total. The van der Waals surface area contributed by atoms with E-state index < -0.39 is 0 Å². The molecule has 2 heterocycles. The maximum Gasteiger partial charge on any atom is 0.254 e. The molecule has 0 bridgehead atoms. The van der Waals surface area contributed by atoms with Gasteiger partial charge in [-0.05, 0) is 36.8 Å². The highest BCUT2D eigenvalue weighted by molar-refractivity contribution is 5.94. The van der Waals surface area contributed by atoms with Crippen molar-refractivity contribution in [1.82, 2.24) is 14.8 Å². The summed E-state index contributed by atoms with van der Waals surface area (Å²) in [6, 6.07) is 13.6. The second-order valence-corrected chi connectivity index (χ2v) is 6.93. The molecule has 0 atom stereocenters. The van der Waals surface area contributed by atoms with Crippen LogP contribution >= 0.6 is 0 Å². The number of amides is 1. The number of nitrogens with zero attached hydrogens (tertiary/aromatic N) is 3. The van der Waals surface area contributed by atoms with Crippen molar-refractivity contribution in [3.05, 3.63) is 59.9 Å². The van der Waals surface area contributed by atoms with Crippen LogP contribution < -0.4 is 4.74 Å². The van der Waals surface area contributed by atoms with Crippen LogP contribution in [0, 0.1) is 0 Å². The van der Waals surface area contributed by atoms with Crippen molar-refractivity contribution in [3.63, 3.8) is 0 Å². The molecule has 2 aromatic rings. The van der Waals surface area contributed by atoms with Crippen molar-refractivity contribution < 1.29 is 9.53 Å². The molecule has 27 heavy (non-hydrogen) atoms. The Kier molecular flexibility index (Phi) is 7.22. The molecule has 0 spiro atoms. The van der Waals surface area contributed by atoms with Gasteiger partial charge in [-0.3, -0.25) is 14.7 Å². The lowest BCUT2D eigenvalue weighted by Crippen LogP contribution is -2.49. The number of ether oxygens (including phenoxy) is 1. The normalized spacial score (nSPS) is 14.9. The zero-order valence-electron chi connectivity index (χ0n) is 16.1. The molecular formula is C22H29N3O2. The molecular weight excluding hydrogens is 338 g/mol. The zero-order valence-corrected chi connectivity index (χ0v) is 16.1. The van der Waals surface area contributed by atoms with Gasteiger partial charge in [0.05, 0.1) is 6.61 Å². The molecule has 1 amide bonds. The van der Waals surface area contributed by atoms with E-state index in [2.05, 4.69) is 22.9 Å². The van der Waals surface area contributed by atoms with Crippen LogP contribution in [0.25, 0.3) is 0 Å². The number of rotatable bonds is 8. The molecule has 1 aliphatic heterocycles. The Balaban J connectivity index is 1.47. The van der Waals surface area contributed by atoms with Crippen LogP contribution in [0.3, 0.4) is 0 Å². The van der Waals surface area contributed by atoms with E-state index in [9.17, 15) is 4.79 Å². The monoisotopic (exact) mass is 367 g/mol. The van der Waals surface area contributed by atoms with Crippen LogP contribution in [0.5, 0.6) is 5.75 Å². The van der Waals surface area contributed by atoms with Gasteiger partial charge in [0.25, 0.3) is 5.91 Å². The van der Waals surface area contributed by atoms with E-state index in [0.717, 1.165) is 63.4 Å². The molecule has 1 saturated heterocycles. The molecule has 1 aromatic heterocycles. The Morgan fingerprint density at radius 2 is 1.96 bits per heavy atom. The SMILES string of the molecule is CCCCOc1cccc(C(=O)N2CCN(CCc3ccccn3)CC2)c1. The molecule has 0 unspecified atom stereocenters. The van der Waals surface area contributed by atoms with Gasteiger partial charge in [0.1, 0.15) is 5.75 Å². The second-order valence-electron chi connectivity index (χ2n) is 6.93. The van der Waals surface area contributed by atoms with Gasteiger partial charge in [-0.15, -0.1) is 0 Å². The Bertz CT molecular complexity index is 713. The van der Waals surface area contributed by atoms with Crippen LogP contribution in [0.15, 0.2) is 48.7 Å². The number of unbranched alkanes of at least 4 members (excludes halogenated alkanes) is 1. The standard InChI is InChI=1S/C22H29N3O2/c1-2-3-17-27-21-9-6-7-19(18-21)22(26)25-15-13-24(14-16-25)12-10-20-8-4-5-11-23-20/h4-9,11,18H,2-3,10,12-17H2,1H3. The van der Waals surface area contributed by atoms with E-state index in [1.165, 1.54) is 0 Å². The van der Waals surface area contributed by atoms with Crippen LogP contribution in [-0.4, -0.2) is 60.0 Å². The minimum Gasteiger partial charge on any atom is -0.494 e. The summed E-state index contributed by atoms with van der Waals surface area (Å²) in [4.78, 5) is 21.5. The third-order valence-electron chi connectivity index (χ3n) is 4.92. The van der Waals surface area contributed by atoms with E-state index in [1.54, 1.807) is 0 Å². The van der Waals surface area contributed by atoms with Crippen LogP contribution in [0.2, 0.25) is 0 Å². The summed E-state index contributed by atoms with van der Waals surface area (Å²) in [7, 11) is 0. The van der Waals surface area contributed by atoms with Gasteiger partial charge in [-0.1, -0.05) is 25.5 Å². The lowest BCUT2D eigenvalue weighted by atomic mass is 10.1. The molecule has 0 N–H and O–H groups in total. The number of carbonyl (C=O) groups excluding carboxylic acids is 1. The molecule has 0 saturated carbocycles. The summed E-state index contributed by atoms with van der Waals surface area (Å²) in [5.41, 5.74) is 1.84. The largest absolute Gasteiger partial charge is 0.494 e. The summed E-state index contributed by atoms with van der Waals surface area (Å²) in [6.45, 7) is 7.17. The predicted octanol–water partition coefficient (Wildman–Crippen LogP) is 3.26. The van der Waals surface area contributed by atoms with Gasteiger partial charge in [-0.2, -0.15) is 0 Å². The number of carbonyl (C=O) groups is 1. The molecule has 1 aliphatic rings. The second kappa shape index (κ2) is 10.1. The number of hydrogen-bond acceptors (Lipinski definition) is 4. The molecule has 0 aliphatic carbocycles. The molecule has 1 fully saturated rings. The number of benzene rings is 1. The van der Waals surface area contributed by atoms with Gasteiger partial charge < -0.3 is 9.64 Å². The van der Waals surface area contributed by atoms with Crippen molar-refractivity contribution >= 4 is 5.91 Å². The van der Waals surface area contributed by atoms with Crippen LogP contribution in [0.4, 0.5) is 0 Å². The highest BCUT2D eigenvalue weighted by Crippen LogP contribution is 2.16. The van der Waals surface area contributed by atoms with Gasteiger partial charge >= 0.3 is 0 Å². The quantitative estimate of drug-likeness (QED) is 0.672. The highest BCUT2D eigenvalue weighted by Gasteiger charge is 2.22. The zero-order chi connectivity index (χ0) is 18.9. The summed E-state index contributed by atoms with van der Waals surface area (Å²) in [5.74, 6) is 0.878. The number of aromatic nitrogens is 1. The first-order chi connectivity index (χ1) is 13.3. The first-order valence-corrected chi connectivity index (χ1v) is 9.90. The number of piperazine rings is 1. The summed E-state index contributed by atoms with van der Waals surface area (Å²) in [6.07, 6.45) is 4.92. The predicted molar refractivity (Wildman–Crippen MR) is 107 cm³/mol. The molecule has 144 valence electrons. The van der Waals surface area contributed by atoms with Crippen LogP contribution in [-0.2, 0) is 6.42 Å². The van der Waals surface area contributed by atoms with E-state index in [-0.39, 0.29) is 5.91 Å². The van der Waals surface area contributed by atoms with E-state index in [1.807, 2.05) is 47.5 Å². The topological polar surface area (TPSA) is 45.7 Å².